The smallest absolute Gasteiger partial charge is 0.260 e. The molecule has 5 nitrogen and oxygen atoms in total. The molecule has 3 aromatic rings. The van der Waals surface area contributed by atoms with Crippen LogP contribution in [0.1, 0.15) is 5.56 Å². The predicted molar refractivity (Wildman–Crippen MR) is 88.9 cm³/mol. The van der Waals surface area contributed by atoms with E-state index in [0.29, 0.717) is 22.5 Å². The number of hydrogen-bond acceptors (Lipinski definition) is 4. The Balaban J connectivity index is 2.07. The molecule has 1 aromatic heterocycles. The van der Waals surface area contributed by atoms with Crippen LogP contribution in [0.4, 0.5) is 17.3 Å². The lowest BCUT2D eigenvalue weighted by Crippen LogP contribution is -2.11. The van der Waals surface area contributed by atoms with E-state index in [1.807, 2.05) is 25.1 Å². The Morgan fingerprint density at radius 3 is 2.86 bits per heavy atom. The van der Waals surface area contributed by atoms with Crippen LogP contribution in [0.15, 0.2) is 45.7 Å². The molecule has 0 fully saturated rings. The minimum Gasteiger partial charge on any atom is -0.399 e. The Morgan fingerprint density at radius 2 is 2.05 bits per heavy atom. The van der Waals surface area contributed by atoms with Crippen molar-refractivity contribution >= 4 is 44.2 Å². The summed E-state index contributed by atoms with van der Waals surface area (Å²) in [6.45, 7) is 1.98. The first kappa shape index (κ1) is 13.6. The number of aromatic nitrogens is 2. The van der Waals surface area contributed by atoms with E-state index < -0.39 is 0 Å². The summed E-state index contributed by atoms with van der Waals surface area (Å²) in [4.78, 5) is 19.2. The normalized spacial score (nSPS) is 10.8. The molecule has 0 aliphatic rings. The van der Waals surface area contributed by atoms with Crippen LogP contribution in [0, 0.1) is 6.92 Å². The third kappa shape index (κ3) is 2.75. The number of nitrogens with zero attached hydrogens (tertiary/aromatic N) is 1. The standard InChI is InChI=1S/C15H13BrN4O/c1-8-2-3-9(16)6-13(8)19-15-18-12-5-4-10(17)7-11(12)14(21)20-15/h2-7H,17H2,1H3,(H2,18,19,20,21). The van der Waals surface area contributed by atoms with Crippen molar-refractivity contribution in [2.75, 3.05) is 11.1 Å². The molecule has 0 bridgehead atoms. The van der Waals surface area contributed by atoms with Crippen molar-refractivity contribution in [1.82, 2.24) is 9.97 Å². The first-order valence-corrected chi connectivity index (χ1v) is 7.15. The summed E-state index contributed by atoms with van der Waals surface area (Å²) in [7, 11) is 0. The van der Waals surface area contributed by atoms with Crippen molar-refractivity contribution in [1.29, 1.82) is 0 Å². The van der Waals surface area contributed by atoms with Crippen molar-refractivity contribution < 1.29 is 0 Å². The molecule has 2 aromatic carbocycles. The number of nitrogens with two attached hydrogens (primary N) is 1. The van der Waals surface area contributed by atoms with E-state index in [2.05, 4.69) is 31.2 Å². The summed E-state index contributed by atoms with van der Waals surface area (Å²) in [6.07, 6.45) is 0. The molecule has 0 unspecified atom stereocenters. The number of rotatable bonds is 2. The fourth-order valence-corrected chi connectivity index (χ4v) is 2.43. The van der Waals surface area contributed by atoms with Crippen LogP contribution in [-0.2, 0) is 0 Å². The molecule has 21 heavy (non-hydrogen) atoms. The molecule has 0 aliphatic carbocycles. The summed E-state index contributed by atoms with van der Waals surface area (Å²) in [5.41, 5.74) is 8.54. The molecular weight excluding hydrogens is 332 g/mol. The molecule has 0 amide bonds. The number of nitrogen functional groups attached to an aromatic ring is 1. The van der Waals surface area contributed by atoms with Gasteiger partial charge in [-0.2, -0.15) is 0 Å². The molecule has 0 saturated carbocycles. The maximum absolute atomic E-state index is 12.1. The summed E-state index contributed by atoms with van der Waals surface area (Å²) in [5, 5.41) is 3.61. The average Bonchev–Trinajstić information content (AvgIpc) is 2.44. The van der Waals surface area contributed by atoms with Gasteiger partial charge in [-0.1, -0.05) is 22.0 Å². The highest BCUT2D eigenvalue weighted by Crippen LogP contribution is 2.23. The largest absolute Gasteiger partial charge is 0.399 e. The van der Waals surface area contributed by atoms with Gasteiger partial charge < -0.3 is 11.1 Å². The monoisotopic (exact) mass is 344 g/mol. The summed E-state index contributed by atoms with van der Waals surface area (Å²) in [6, 6.07) is 11.0. The number of halogens is 1. The maximum Gasteiger partial charge on any atom is 0.260 e. The number of anilines is 3. The van der Waals surface area contributed by atoms with Gasteiger partial charge in [0, 0.05) is 15.8 Å². The molecular formula is C15H13BrN4O. The van der Waals surface area contributed by atoms with Crippen molar-refractivity contribution in [3.63, 3.8) is 0 Å². The van der Waals surface area contributed by atoms with Gasteiger partial charge in [0.2, 0.25) is 5.95 Å². The van der Waals surface area contributed by atoms with Crippen LogP contribution in [0.2, 0.25) is 0 Å². The molecule has 0 spiro atoms. The van der Waals surface area contributed by atoms with Crippen LogP contribution in [0.25, 0.3) is 10.9 Å². The molecule has 4 N–H and O–H groups in total. The van der Waals surface area contributed by atoms with E-state index in [9.17, 15) is 4.79 Å². The average molecular weight is 345 g/mol. The van der Waals surface area contributed by atoms with Crippen LogP contribution < -0.4 is 16.6 Å². The predicted octanol–water partition coefficient (Wildman–Crippen LogP) is 3.32. The van der Waals surface area contributed by atoms with Crippen molar-refractivity contribution in [3.8, 4) is 0 Å². The highest BCUT2D eigenvalue weighted by Gasteiger charge is 2.06. The van der Waals surface area contributed by atoms with Gasteiger partial charge in [0.25, 0.3) is 5.56 Å². The van der Waals surface area contributed by atoms with Gasteiger partial charge in [0.1, 0.15) is 0 Å². The van der Waals surface area contributed by atoms with Gasteiger partial charge in [-0.15, -0.1) is 0 Å². The topological polar surface area (TPSA) is 83.8 Å². The number of nitrogens with one attached hydrogen (secondary N) is 2. The SMILES string of the molecule is Cc1ccc(Br)cc1Nc1nc2ccc(N)cc2c(=O)[nH]1. The fraction of sp³-hybridized carbons (Fsp3) is 0.0667. The zero-order valence-corrected chi connectivity index (χ0v) is 12.9. The number of H-pyrrole nitrogens is 1. The molecule has 0 aliphatic heterocycles. The Labute approximate surface area is 129 Å². The van der Waals surface area contributed by atoms with E-state index in [4.69, 9.17) is 5.73 Å². The molecule has 0 atom stereocenters. The Morgan fingerprint density at radius 1 is 1.24 bits per heavy atom. The minimum atomic E-state index is -0.220. The highest BCUT2D eigenvalue weighted by molar-refractivity contribution is 9.10. The van der Waals surface area contributed by atoms with Crippen molar-refractivity contribution in [3.05, 3.63) is 56.8 Å². The van der Waals surface area contributed by atoms with E-state index in [1.54, 1.807) is 18.2 Å². The molecule has 6 heteroatoms. The minimum absolute atomic E-state index is 0.220. The lowest BCUT2D eigenvalue weighted by Gasteiger charge is -2.09. The van der Waals surface area contributed by atoms with Gasteiger partial charge in [0.05, 0.1) is 10.9 Å². The lowest BCUT2D eigenvalue weighted by atomic mass is 10.2. The van der Waals surface area contributed by atoms with Gasteiger partial charge in [-0.25, -0.2) is 4.98 Å². The number of hydrogen-bond donors (Lipinski definition) is 3. The van der Waals surface area contributed by atoms with Gasteiger partial charge in [-0.3, -0.25) is 9.78 Å². The van der Waals surface area contributed by atoms with E-state index in [-0.39, 0.29) is 5.56 Å². The molecule has 1 heterocycles. The number of benzene rings is 2. The fourth-order valence-electron chi connectivity index (χ4n) is 2.07. The third-order valence-corrected chi connectivity index (χ3v) is 3.68. The zero-order chi connectivity index (χ0) is 15.0. The Bertz CT molecular complexity index is 888. The van der Waals surface area contributed by atoms with Crippen LogP contribution in [-0.4, -0.2) is 9.97 Å². The first-order valence-electron chi connectivity index (χ1n) is 6.36. The second kappa shape index (κ2) is 5.21. The van der Waals surface area contributed by atoms with E-state index in [1.165, 1.54) is 0 Å². The number of aryl methyl sites for hydroxylation is 1. The second-order valence-corrected chi connectivity index (χ2v) is 5.69. The molecule has 106 valence electrons. The second-order valence-electron chi connectivity index (χ2n) is 4.78. The number of fused-ring (bicyclic) bond motifs is 1. The molecule has 3 rings (SSSR count). The highest BCUT2D eigenvalue weighted by atomic mass is 79.9. The lowest BCUT2D eigenvalue weighted by molar-refractivity contribution is 1.16. The van der Waals surface area contributed by atoms with Crippen LogP contribution in [0.3, 0.4) is 0 Å². The van der Waals surface area contributed by atoms with Crippen LogP contribution >= 0.6 is 15.9 Å². The Hall–Kier alpha value is -2.34. The summed E-state index contributed by atoms with van der Waals surface area (Å²) >= 11 is 3.43. The van der Waals surface area contributed by atoms with Gasteiger partial charge >= 0.3 is 0 Å². The van der Waals surface area contributed by atoms with Crippen molar-refractivity contribution in [2.45, 2.75) is 6.92 Å². The molecule has 0 radical (unpaired) electrons. The Kier molecular flexibility index (Phi) is 3.39. The third-order valence-electron chi connectivity index (χ3n) is 3.18. The van der Waals surface area contributed by atoms with Crippen LogP contribution in [0.5, 0.6) is 0 Å². The van der Waals surface area contributed by atoms with Gasteiger partial charge in [0.15, 0.2) is 0 Å². The molecule has 0 saturated heterocycles. The summed E-state index contributed by atoms with van der Waals surface area (Å²) < 4.78 is 0.950. The maximum atomic E-state index is 12.1. The first-order chi connectivity index (χ1) is 10.0. The van der Waals surface area contributed by atoms with Gasteiger partial charge in [-0.05, 0) is 42.8 Å². The summed E-state index contributed by atoms with van der Waals surface area (Å²) in [5.74, 6) is 0.401. The van der Waals surface area contributed by atoms with Crippen molar-refractivity contribution in [2.24, 2.45) is 0 Å². The number of aromatic amines is 1. The zero-order valence-electron chi connectivity index (χ0n) is 11.3. The van der Waals surface area contributed by atoms with E-state index >= 15 is 0 Å². The van der Waals surface area contributed by atoms with E-state index in [0.717, 1.165) is 15.7 Å². The quantitative estimate of drug-likeness (QED) is 0.622.